The summed E-state index contributed by atoms with van der Waals surface area (Å²) in [5.41, 5.74) is 7.28. The van der Waals surface area contributed by atoms with Crippen molar-refractivity contribution >= 4 is 17.3 Å². The van der Waals surface area contributed by atoms with Crippen LogP contribution in [0.2, 0.25) is 0 Å². The highest BCUT2D eigenvalue weighted by Gasteiger charge is 2.30. The summed E-state index contributed by atoms with van der Waals surface area (Å²) < 4.78 is 5.51. The van der Waals surface area contributed by atoms with Crippen LogP contribution in [0.15, 0.2) is 12.1 Å². The van der Waals surface area contributed by atoms with Crippen LogP contribution >= 0.6 is 0 Å². The lowest BCUT2D eigenvalue weighted by molar-refractivity contribution is -0.385. The van der Waals surface area contributed by atoms with Crippen molar-refractivity contribution in [2.75, 3.05) is 11.9 Å². The van der Waals surface area contributed by atoms with Gasteiger partial charge < -0.3 is 15.8 Å². The Morgan fingerprint density at radius 3 is 2.71 bits per heavy atom. The fourth-order valence-corrected chi connectivity index (χ4v) is 2.46. The lowest BCUT2D eigenvalue weighted by Crippen LogP contribution is -2.30. The zero-order valence-corrected chi connectivity index (χ0v) is 12.1. The monoisotopic (exact) mass is 293 g/mol. The third-order valence-electron chi connectivity index (χ3n) is 3.66. The molecule has 0 radical (unpaired) electrons. The first-order valence-corrected chi connectivity index (χ1v) is 6.84. The molecule has 1 fully saturated rings. The predicted octanol–water partition coefficient (Wildman–Crippen LogP) is 1.66. The number of nitrogens with two attached hydrogens (primary N) is 1. The molecule has 7 heteroatoms. The number of ether oxygens (including phenoxy) is 1. The molecule has 114 valence electrons. The van der Waals surface area contributed by atoms with E-state index in [-0.39, 0.29) is 17.7 Å². The van der Waals surface area contributed by atoms with Gasteiger partial charge in [0.05, 0.1) is 16.7 Å². The minimum atomic E-state index is -0.543. The highest BCUT2D eigenvalue weighted by molar-refractivity contribution is 5.95. The van der Waals surface area contributed by atoms with Crippen LogP contribution < -0.4 is 11.1 Å². The lowest BCUT2D eigenvalue weighted by atomic mass is 10.1. The highest BCUT2D eigenvalue weighted by atomic mass is 16.6. The fraction of sp³-hybridized carbons (Fsp3) is 0.500. The molecule has 2 unspecified atom stereocenters. The van der Waals surface area contributed by atoms with E-state index in [0.29, 0.717) is 24.2 Å². The van der Waals surface area contributed by atoms with Crippen molar-refractivity contribution in [2.45, 2.75) is 38.9 Å². The first kappa shape index (κ1) is 15.4. The molecule has 21 heavy (non-hydrogen) atoms. The molecule has 1 amide bonds. The van der Waals surface area contributed by atoms with Gasteiger partial charge in [-0.1, -0.05) is 0 Å². The number of nitro benzene ring substituents is 1. The van der Waals surface area contributed by atoms with Gasteiger partial charge in [-0.05, 0) is 38.3 Å². The van der Waals surface area contributed by atoms with Gasteiger partial charge in [0.25, 0.3) is 11.6 Å². The van der Waals surface area contributed by atoms with E-state index in [4.69, 9.17) is 10.5 Å². The molecule has 3 N–H and O–H groups in total. The van der Waals surface area contributed by atoms with Gasteiger partial charge in [0.2, 0.25) is 0 Å². The van der Waals surface area contributed by atoms with E-state index in [9.17, 15) is 14.9 Å². The number of benzene rings is 1. The largest absolute Gasteiger partial charge is 0.364 e. The molecular weight excluding hydrogens is 274 g/mol. The summed E-state index contributed by atoms with van der Waals surface area (Å²) in [6, 6.07) is 3.07. The second-order valence-corrected chi connectivity index (χ2v) is 5.26. The molecule has 2 atom stereocenters. The van der Waals surface area contributed by atoms with Crippen molar-refractivity contribution in [3.8, 4) is 0 Å². The maximum atomic E-state index is 12.1. The van der Waals surface area contributed by atoms with Gasteiger partial charge >= 0.3 is 0 Å². The highest BCUT2D eigenvalue weighted by Crippen LogP contribution is 2.27. The summed E-state index contributed by atoms with van der Waals surface area (Å²) in [7, 11) is 0. The minimum absolute atomic E-state index is 0.0110. The van der Waals surface area contributed by atoms with Crippen molar-refractivity contribution in [1.82, 2.24) is 0 Å². The van der Waals surface area contributed by atoms with Gasteiger partial charge in [-0.25, -0.2) is 0 Å². The molecule has 1 aromatic carbocycles. The number of rotatable bonds is 4. The maximum Gasteiger partial charge on any atom is 0.274 e. The van der Waals surface area contributed by atoms with E-state index in [1.165, 1.54) is 6.07 Å². The number of nitrogens with one attached hydrogen (secondary N) is 1. The van der Waals surface area contributed by atoms with Crippen LogP contribution in [0.25, 0.3) is 0 Å². The zero-order valence-electron chi connectivity index (χ0n) is 12.1. The molecule has 0 saturated carbocycles. The van der Waals surface area contributed by atoms with Gasteiger partial charge in [0.1, 0.15) is 6.10 Å². The normalized spacial score (nSPS) is 21.3. The van der Waals surface area contributed by atoms with E-state index in [0.717, 1.165) is 12.0 Å². The first-order valence-electron chi connectivity index (χ1n) is 6.84. The number of hydrogen-bond donors (Lipinski definition) is 2. The Balaban J connectivity index is 2.14. The molecule has 0 spiro atoms. The molecule has 2 rings (SSSR count). The average molecular weight is 293 g/mol. The molecular formula is C14H19N3O4. The Kier molecular flexibility index (Phi) is 4.54. The summed E-state index contributed by atoms with van der Waals surface area (Å²) in [6.07, 6.45) is 0.731. The minimum Gasteiger partial charge on any atom is -0.364 e. The zero-order chi connectivity index (χ0) is 15.6. The SMILES string of the molecule is Cc1cc(C)c([N+](=O)[O-])cc1NC(=O)C1CCC(CN)O1. The van der Waals surface area contributed by atoms with Crippen molar-refractivity contribution in [3.05, 3.63) is 33.4 Å². The summed E-state index contributed by atoms with van der Waals surface area (Å²) in [5.74, 6) is -0.285. The summed E-state index contributed by atoms with van der Waals surface area (Å²) in [4.78, 5) is 22.7. The van der Waals surface area contributed by atoms with Gasteiger partial charge in [-0.15, -0.1) is 0 Å². The Bertz CT molecular complexity index is 574. The topological polar surface area (TPSA) is 107 Å². The van der Waals surface area contributed by atoms with Crippen LogP contribution in [0, 0.1) is 24.0 Å². The molecule has 1 aromatic rings. The lowest BCUT2D eigenvalue weighted by Gasteiger charge is -2.14. The maximum absolute atomic E-state index is 12.1. The Labute approximate surface area is 122 Å². The number of nitrogens with zero attached hydrogens (tertiary/aromatic N) is 1. The number of carbonyl (C=O) groups excluding carboxylic acids is 1. The average Bonchev–Trinajstić information content (AvgIpc) is 2.90. The van der Waals surface area contributed by atoms with Crippen molar-refractivity contribution in [2.24, 2.45) is 5.73 Å². The standard InChI is InChI=1S/C14H19N3O4/c1-8-5-9(2)12(17(19)20)6-11(8)16-14(18)13-4-3-10(7-15)21-13/h5-6,10,13H,3-4,7,15H2,1-2H3,(H,16,18). The number of hydrogen-bond acceptors (Lipinski definition) is 5. The van der Waals surface area contributed by atoms with Gasteiger partial charge in [-0.3, -0.25) is 14.9 Å². The molecule has 0 aromatic heterocycles. The summed E-state index contributed by atoms with van der Waals surface area (Å²) in [6.45, 7) is 3.85. The summed E-state index contributed by atoms with van der Waals surface area (Å²) >= 11 is 0. The Morgan fingerprint density at radius 2 is 2.14 bits per heavy atom. The number of amides is 1. The van der Waals surface area contributed by atoms with Crippen LogP contribution in [0.3, 0.4) is 0 Å². The number of aryl methyl sites for hydroxylation is 2. The summed E-state index contributed by atoms with van der Waals surface area (Å²) in [5, 5.41) is 13.7. The molecule has 0 aliphatic carbocycles. The van der Waals surface area contributed by atoms with Crippen LogP contribution in [0.1, 0.15) is 24.0 Å². The van der Waals surface area contributed by atoms with Crippen LogP contribution in [-0.2, 0) is 9.53 Å². The predicted molar refractivity (Wildman–Crippen MR) is 78.1 cm³/mol. The number of carbonyl (C=O) groups is 1. The molecule has 0 bridgehead atoms. The Morgan fingerprint density at radius 1 is 1.43 bits per heavy atom. The van der Waals surface area contributed by atoms with Crippen LogP contribution in [0.5, 0.6) is 0 Å². The molecule has 1 aliphatic rings. The van der Waals surface area contributed by atoms with Crippen LogP contribution in [0.4, 0.5) is 11.4 Å². The van der Waals surface area contributed by atoms with Crippen LogP contribution in [-0.4, -0.2) is 29.6 Å². The van der Waals surface area contributed by atoms with E-state index in [1.807, 2.05) is 0 Å². The van der Waals surface area contributed by atoms with Gasteiger partial charge in [0, 0.05) is 18.2 Å². The van der Waals surface area contributed by atoms with E-state index < -0.39 is 11.0 Å². The number of nitro groups is 1. The van der Waals surface area contributed by atoms with Crippen molar-refractivity contribution < 1.29 is 14.5 Å². The van der Waals surface area contributed by atoms with Gasteiger partial charge in [-0.2, -0.15) is 0 Å². The molecule has 1 heterocycles. The number of anilines is 1. The molecule has 7 nitrogen and oxygen atoms in total. The third-order valence-corrected chi connectivity index (χ3v) is 3.66. The first-order chi connectivity index (χ1) is 9.92. The van der Waals surface area contributed by atoms with Crippen molar-refractivity contribution in [1.29, 1.82) is 0 Å². The second-order valence-electron chi connectivity index (χ2n) is 5.26. The van der Waals surface area contributed by atoms with E-state index in [1.54, 1.807) is 19.9 Å². The van der Waals surface area contributed by atoms with E-state index >= 15 is 0 Å². The fourth-order valence-electron chi connectivity index (χ4n) is 2.46. The van der Waals surface area contributed by atoms with Gasteiger partial charge in [0.15, 0.2) is 0 Å². The third kappa shape index (κ3) is 3.37. The Hall–Kier alpha value is -1.99. The second kappa shape index (κ2) is 6.19. The molecule has 1 saturated heterocycles. The van der Waals surface area contributed by atoms with Crippen molar-refractivity contribution in [3.63, 3.8) is 0 Å². The van der Waals surface area contributed by atoms with E-state index in [2.05, 4.69) is 5.32 Å². The quantitative estimate of drug-likeness (QED) is 0.648. The molecule has 1 aliphatic heterocycles. The smallest absolute Gasteiger partial charge is 0.274 e.